The van der Waals surface area contributed by atoms with Crippen LogP contribution in [0.5, 0.6) is 0 Å². The largest absolute Gasteiger partial charge is 0.381 e. The monoisotopic (exact) mass is 280 g/mol. The van der Waals surface area contributed by atoms with Crippen molar-refractivity contribution in [1.29, 1.82) is 0 Å². The van der Waals surface area contributed by atoms with Crippen molar-refractivity contribution in [3.63, 3.8) is 0 Å². The minimum Gasteiger partial charge on any atom is -0.381 e. The minimum atomic E-state index is 0.495. The molecule has 0 fully saturated rings. The van der Waals surface area contributed by atoms with Crippen LogP contribution in [0.15, 0.2) is 42.6 Å². The van der Waals surface area contributed by atoms with Crippen LogP contribution in [-0.4, -0.2) is 11.0 Å². The van der Waals surface area contributed by atoms with Gasteiger partial charge in [0.1, 0.15) is 0 Å². The van der Waals surface area contributed by atoms with Gasteiger partial charge in [-0.3, -0.25) is 4.98 Å². The summed E-state index contributed by atoms with van der Waals surface area (Å²) in [7, 11) is 0. The molecule has 0 radical (unpaired) electrons. The average Bonchev–Trinajstić information content (AvgIpc) is 2.91. The second kappa shape index (κ2) is 5.88. The van der Waals surface area contributed by atoms with Gasteiger partial charge in [-0.25, -0.2) is 0 Å². The number of hydrogen-bond acceptors (Lipinski definition) is 2. The number of aromatic nitrogens is 1. The summed E-state index contributed by atoms with van der Waals surface area (Å²) in [6.07, 6.45) is 4.20. The van der Waals surface area contributed by atoms with E-state index in [1.165, 1.54) is 22.5 Å². The molecule has 2 aromatic rings. The predicted molar refractivity (Wildman–Crippen MR) is 88.8 cm³/mol. The van der Waals surface area contributed by atoms with Crippen LogP contribution in [0.3, 0.4) is 0 Å². The highest BCUT2D eigenvalue weighted by Crippen LogP contribution is 2.30. The molecular weight excluding hydrogens is 256 g/mol. The molecule has 0 amide bonds. The van der Waals surface area contributed by atoms with Crippen LogP contribution in [0.2, 0.25) is 0 Å². The Kier molecular flexibility index (Phi) is 3.96. The fourth-order valence-electron chi connectivity index (χ4n) is 3.12. The Hall–Kier alpha value is -1.83. The molecule has 0 spiro atoms. The second-order valence-corrected chi connectivity index (χ2v) is 6.54. The molecule has 0 saturated carbocycles. The molecule has 21 heavy (non-hydrogen) atoms. The summed E-state index contributed by atoms with van der Waals surface area (Å²) in [5, 5.41) is 3.68. The number of rotatable bonds is 4. The first-order valence-corrected chi connectivity index (χ1v) is 7.92. The van der Waals surface area contributed by atoms with Gasteiger partial charge in [-0.15, -0.1) is 0 Å². The van der Waals surface area contributed by atoms with Crippen LogP contribution < -0.4 is 5.32 Å². The number of fused-ring (bicyclic) bond motifs is 1. The fourth-order valence-corrected chi connectivity index (χ4v) is 3.12. The SMILES string of the molecule is CC(C)c1cc(CC(C)C2Cc3ccccc3N2)ccn1. The van der Waals surface area contributed by atoms with Crippen LogP contribution in [0.1, 0.15) is 43.5 Å². The van der Waals surface area contributed by atoms with Gasteiger partial charge in [0.2, 0.25) is 0 Å². The average molecular weight is 280 g/mol. The summed E-state index contributed by atoms with van der Waals surface area (Å²) >= 11 is 0. The Balaban J connectivity index is 1.68. The highest BCUT2D eigenvalue weighted by atomic mass is 15.0. The highest BCUT2D eigenvalue weighted by molar-refractivity contribution is 5.56. The lowest BCUT2D eigenvalue weighted by molar-refractivity contribution is 0.489. The third-order valence-corrected chi connectivity index (χ3v) is 4.48. The molecule has 1 aliphatic heterocycles. The van der Waals surface area contributed by atoms with E-state index in [4.69, 9.17) is 0 Å². The summed E-state index contributed by atoms with van der Waals surface area (Å²) in [6, 6.07) is 13.6. The highest BCUT2D eigenvalue weighted by Gasteiger charge is 2.25. The smallest absolute Gasteiger partial charge is 0.0431 e. The van der Waals surface area contributed by atoms with Crippen molar-refractivity contribution in [2.45, 2.75) is 45.6 Å². The van der Waals surface area contributed by atoms with Gasteiger partial charge in [0, 0.05) is 23.6 Å². The molecule has 0 aliphatic carbocycles. The zero-order chi connectivity index (χ0) is 14.8. The lowest BCUT2D eigenvalue weighted by Crippen LogP contribution is -2.26. The number of anilines is 1. The molecule has 1 aliphatic rings. The molecule has 2 unspecified atom stereocenters. The Bertz CT molecular complexity index is 593. The van der Waals surface area contributed by atoms with Crippen molar-refractivity contribution in [3.8, 4) is 0 Å². The summed E-state index contributed by atoms with van der Waals surface area (Å²) in [5.74, 6) is 1.11. The molecule has 1 N–H and O–H groups in total. The maximum absolute atomic E-state index is 4.46. The first kappa shape index (κ1) is 14.1. The maximum atomic E-state index is 4.46. The third-order valence-electron chi connectivity index (χ3n) is 4.48. The molecular formula is C19H24N2. The zero-order valence-electron chi connectivity index (χ0n) is 13.1. The van der Waals surface area contributed by atoms with E-state index < -0.39 is 0 Å². The Labute approximate surface area is 127 Å². The van der Waals surface area contributed by atoms with Crippen LogP contribution >= 0.6 is 0 Å². The van der Waals surface area contributed by atoms with E-state index in [0.717, 1.165) is 12.8 Å². The van der Waals surface area contributed by atoms with E-state index >= 15 is 0 Å². The third kappa shape index (κ3) is 3.10. The number of hydrogen-bond donors (Lipinski definition) is 1. The standard InChI is InChI=1S/C19H24N2/c1-13(2)18-11-15(8-9-20-18)10-14(3)19-12-16-6-4-5-7-17(16)21-19/h4-9,11,13-14,19,21H,10,12H2,1-3H3. The lowest BCUT2D eigenvalue weighted by atomic mass is 9.91. The summed E-state index contributed by atoms with van der Waals surface area (Å²) < 4.78 is 0. The zero-order valence-corrected chi connectivity index (χ0v) is 13.1. The van der Waals surface area contributed by atoms with E-state index in [2.05, 4.69) is 67.5 Å². The number of para-hydroxylation sites is 1. The van der Waals surface area contributed by atoms with E-state index in [-0.39, 0.29) is 0 Å². The first-order chi connectivity index (χ1) is 10.1. The second-order valence-electron chi connectivity index (χ2n) is 6.54. The number of nitrogens with zero attached hydrogens (tertiary/aromatic N) is 1. The van der Waals surface area contributed by atoms with Crippen LogP contribution in [0, 0.1) is 5.92 Å². The molecule has 2 heteroatoms. The normalized spacial score (nSPS) is 18.4. The van der Waals surface area contributed by atoms with Crippen molar-refractivity contribution in [1.82, 2.24) is 4.98 Å². The first-order valence-electron chi connectivity index (χ1n) is 7.92. The number of pyridine rings is 1. The summed E-state index contributed by atoms with van der Waals surface area (Å²) in [4.78, 5) is 4.46. The van der Waals surface area contributed by atoms with Crippen molar-refractivity contribution in [2.24, 2.45) is 5.92 Å². The lowest BCUT2D eigenvalue weighted by Gasteiger charge is -2.20. The molecule has 2 atom stereocenters. The predicted octanol–water partition coefficient (Wildman–Crippen LogP) is 4.42. The van der Waals surface area contributed by atoms with Crippen molar-refractivity contribution in [2.75, 3.05) is 5.32 Å². The van der Waals surface area contributed by atoms with E-state index in [9.17, 15) is 0 Å². The maximum Gasteiger partial charge on any atom is 0.0431 e. The van der Waals surface area contributed by atoms with Crippen molar-refractivity contribution < 1.29 is 0 Å². The van der Waals surface area contributed by atoms with Crippen LogP contribution in [0.4, 0.5) is 5.69 Å². The summed E-state index contributed by atoms with van der Waals surface area (Å²) in [5.41, 5.74) is 5.36. The quantitative estimate of drug-likeness (QED) is 0.896. The Morgan fingerprint density at radius 1 is 1.19 bits per heavy atom. The molecule has 1 aromatic heterocycles. The van der Waals surface area contributed by atoms with Crippen LogP contribution in [-0.2, 0) is 12.8 Å². The molecule has 2 heterocycles. The molecule has 2 nitrogen and oxygen atoms in total. The Morgan fingerprint density at radius 2 is 2.00 bits per heavy atom. The van der Waals surface area contributed by atoms with Gasteiger partial charge < -0.3 is 5.32 Å². The van der Waals surface area contributed by atoms with Crippen LogP contribution in [0.25, 0.3) is 0 Å². The number of benzene rings is 1. The van der Waals surface area contributed by atoms with E-state index in [0.29, 0.717) is 17.9 Å². The van der Waals surface area contributed by atoms with Crippen molar-refractivity contribution in [3.05, 3.63) is 59.4 Å². The molecule has 0 bridgehead atoms. The van der Waals surface area contributed by atoms with Gasteiger partial charge in [0.05, 0.1) is 0 Å². The fraction of sp³-hybridized carbons (Fsp3) is 0.421. The van der Waals surface area contributed by atoms with Gasteiger partial charge in [0.25, 0.3) is 0 Å². The van der Waals surface area contributed by atoms with Crippen molar-refractivity contribution >= 4 is 5.69 Å². The topological polar surface area (TPSA) is 24.9 Å². The Morgan fingerprint density at radius 3 is 2.76 bits per heavy atom. The molecule has 0 saturated heterocycles. The van der Waals surface area contributed by atoms with Gasteiger partial charge in [-0.1, -0.05) is 39.0 Å². The molecule has 3 rings (SSSR count). The van der Waals surface area contributed by atoms with E-state index in [1.807, 2.05) is 6.20 Å². The van der Waals surface area contributed by atoms with Gasteiger partial charge >= 0.3 is 0 Å². The van der Waals surface area contributed by atoms with E-state index in [1.54, 1.807) is 0 Å². The summed E-state index contributed by atoms with van der Waals surface area (Å²) in [6.45, 7) is 6.74. The van der Waals surface area contributed by atoms with Gasteiger partial charge in [-0.05, 0) is 54.0 Å². The number of nitrogens with one attached hydrogen (secondary N) is 1. The minimum absolute atomic E-state index is 0.495. The molecule has 1 aromatic carbocycles. The molecule has 110 valence electrons. The van der Waals surface area contributed by atoms with Gasteiger partial charge in [0.15, 0.2) is 0 Å². The van der Waals surface area contributed by atoms with Gasteiger partial charge in [-0.2, -0.15) is 0 Å².